The third-order valence-corrected chi connectivity index (χ3v) is 18.3. The largest absolute Gasteiger partial charge is 0.512 e. The summed E-state index contributed by atoms with van der Waals surface area (Å²) in [4.78, 5) is 68.9. The van der Waals surface area contributed by atoms with Gasteiger partial charge in [0.15, 0.2) is 23.1 Å². The van der Waals surface area contributed by atoms with E-state index < -0.39 is 0 Å². The van der Waals surface area contributed by atoms with Crippen LogP contribution in [-0.4, -0.2) is 73.5 Å². The summed E-state index contributed by atoms with van der Waals surface area (Å²) in [7, 11) is 0. The van der Waals surface area contributed by atoms with Gasteiger partial charge < -0.3 is 30.4 Å². The zero-order chi connectivity index (χ0) is 84.0. The molecule has 123 heavy (non-hydrogen) atoms. The molecule has 0 aliphatic carbocycles. The molecule has 17 rings (SSSR count). The molecule has 0 saturated heterocycles. The van der Waals surface area contributed by atoms with E-state index in [4.69, 9.17) is 35.4 Å². The van der Waals surface area contributed by atoms with E-state index in [-0.39, 0.29) is 147 Å². The summed E-state index contributed by atoms with van der Waals surface area (Å²) in [5.41, 5.74) is 16.2. The SMILES string of the molecule is CC(=O)C=C(C)O.CC(=O)C=C(C)O.CC(=O)C=C(C)O.CC(=O)C=C(C)O.[Ir].[Ir].[Ir].[Ir].[Ir].[c-]1c(-c2ccccn2)sc2ccccc12.[c-]1ccc(-c2ccccc2)cc1-c1ccccn1.[c-]1ccccc1-c1nc2ccccc2c2ccccc12.[c-]1ccccc1-c1nc2ccccc2nc1-c1ccccc1.[c-]1ccccc1-c1nc2ccccc2s1. The number of hydrogen-bond donors (Lipinski definition) is 4. The number of nitrogens with zero attached hydrogens (tertiary/aromatic N) is 6. The summed E-state index contributed by atoms with van der Waals surface area (Å²) in [6.07, 6.45) is 8.28. The Hall–Kier alpha value is -11.3. The van der Waals surface area contributed by atoms with E-state index in [1.807, 2.05) is 206 Å². The first-order chi connectivity index (χ1) is 57.2. The number of benzene rings is 11. The van der Waals surface area contributed by atoms with Gasteiger partial charge in [-0.1, -0.05) is 164 Å². The second-order valence-corrected chi connectivity index (χ2v) is 28.1. The molecule has 5 radical (unpaired) electrons. The van der Waals surface area contributed by atoms with Crippen molar-refractivity contribution in [1.29, 1.82) is 0 Å². The maximum atomic E-state index is 10.0. The summed E-state index contributed by atoms with van der Waals surface area (Å²) < 4.78 is 2.49. The molecule has 0 unspecified atom stereocenters. The Labute approximate surface area is 793 Å². The van der Waals surface area contributed by atoms with Crippen molar-refractivity contribution in [3.8, 4) is 77.3 Å². The van der Waals surface area contributed by atoms with Crippen molar-refractivity contribution >= 4 is 98.8 Å². The molecule has 0 bridgehead atoms. The van der Waals surface area contributed by atoms with Crippen molar-refractivity contribution in [2.45, 2.75) is 55.4 Å². The number of allylic oxidation sites excluding steroid dienone is 8. The summed E-state index contributed by atoms with van der Waals surface area (Å²) in [5, 5.41) is 39.3. The number of fused-ring (bicyclic) bond motifs is 6. The van der Waals surface area contributed by atoms with Crippen molar-refractivity contribution < 1.29 is 140 Å². The fraction of sp³-hybridized carbons (Fsp3) is 0.0784. The first-order valence-corrected chi connectivity index (χ1v) is 39.0. The van der Waals surface area contributed by atoms with Crippen molar-refractivity contribution in [3.63, 3.8) is 0 Å². The molecule has 21 heteroatoms. The molecule has 0 aliphatic rings. The van der Waals surface area contributed by atoms with Crippen LogP contribution in [-0.2, 0) is 120 Å². The van der Waals surface area contributed by atoms with Gasteiger partial charge in [-0.25, -0.2) is 11.3 Å². The van der Waals surface area contributed by atoms with Crippen LogP contribution in [0.1, 0.15) is 55.4 Å². The first-order valence-electron chi connectivity index (χ1n) is 37.3. The average molecular weight is 2550 g/mol. The van der Waals surface area contributed by atoms with Gasteiger partial charge in [-0.3, -0.25) is 39.1 Å². The molecular formula is C102H85Ir5N6O8S2-5. The second-order valence-electron chi connectivity index (χ2n) is 26.0. The molecule has 17 aromatic rings. The zero-order valence-electron chi connectivity index (χ0n) is 68.0. The van der Waals surface area contributed by atoms with Crippen LogP contribution in [0.25, 0.3) is 130 Å². The fourth-order valence-electron chi connectivity index (χ4n) is 11.3. The van der Waals surface area contributed by atoms with Gasteiger partial charge in [0.1, 0.15) is 0 Å². The number of rotatable bonds is 11. The van der Waals surface area contributed by atoms with Gasteiger partial charge >= 0.3 is 0 Å². The molecular weight excluding hydrogens is 2460 g/mol. The number of hydrogen-bond acceptors (Lipinski definition) is 16. The molecule has 6 aromatic heterocycles. The number of aliphatic hydroxyl groups is 4. The molecule has 4 N–H and O–H groups in total. The standard InChI is InChI=1S/C20H13N2.C19H12N.C17H12N.2C13H8NS.4C5H8O2.5Ir/c1-3-9-15(10-4-1)19-20(16-11-5-2-6-12-16)22-18-14-8-7-13-17(18)21-19;1-2-8-14(9-3-1)19-17-12-5-4-10-15(17)16-11-6-7-13-18(16)20-19;1-2-7-14(8-3-1)15-9-6-10-16(13-15)17-11-4-5-12-18-17;1-2-7-12-10(5-1)9-13(15-12)11-6-3-4-8-14-11;1-2-6-10(7-3-1)13-14-11-8-4-5-9-12(11)15-13;4*1-4(6)3-5(2)7;;;;;/h1-11,13-14H;1-8,10-13H;1-9,11-13H;1-8H;1-6,8-9H;4*3,6H,1-2H3;;;;;/q5*-1;;;;;;;;;. The summed E-state index contributed by atoms with van der Waals surface area (Å²) in [6, 6.07) is 120. The van der Waals surface area contributed by atoms with Crippen LogP contribution in [0, 0.1) is 30.3 Å². The van der Waals surface area contributed by atoms with E-state index in [1.54, 1.807) is 28.9 Å². The van der Waals surface area contributed by atoms with Gasteiger partial charge in [-0.15, -0.1) is 167 Å². The van der Waals surface area contributed by atoms with Gasteiger partial charge in [0.25, 0.3) is 0 Å². The Morgan fingerprint density at radius 3 is 1.15 bits per heavy atom. The minimum absolute atomic E-state index is 0. The smallest absolute Gasteiger partial charge is 0.155 e. The van der Waals surface area contributed by atoms with Crippen LogP contribution in [0.3, 0.4) is 0 Å². The molecule has 0 fully saturated rings. The predicted octanol–water partition coefficient (Wildman–Crippen LogP) is 25.5. The quantitative estimate of drug-likeness (QED) is 0.0409. The number of thiazole rings is 1. The monoisotopic (exact) mass is 2550 g/mol. The average Bonchev–Trinajstić information content (AvgIpc) is 1.74. The molecule has 6 heterocycles. The van der Waals surface area contributed by atoms with E-state index in [0.29, 0.717) is 0 Å². The van der Waals surface area contributed by atoms with Crippen molar-refractivity contribution in [2.75, 3.05) is 0 Å². The molecule has 633 valence electrons. The Balaban J connectivity index is 0.000000298. The molecule has 0 spiro atoms. The third kappa shape index (κ3) is 34.8. The number of para-hydroxylation sites is 4. The topological polar surface area (TPSA) is 227 Å². The maximum Gasteiger partial charge on any atom is 0.155 e. The number of aliphatic hydroxyl groups excluding tert-OH is 4. The van der Waals surface area contributed by atoms with Crippen LogP contribution in [0.15, 0.2) is 369 Å². The number of carbonyl (C=O) groups is 4. The van der Waals surface area contributed by atoms with Crippen LogP contribution >= 0.6 is 22.7 Å². The maximum absolute atomic E-state index is 10.0. The fourth-order valence-corrected chi connectivity index (χ4v) is 13.3. The Bertz CT molecular complexity index is 5820. The van der Waals surface area contributed by atoms with Crippen LogP contribution in [0.4, 0.5) is 0 Å². The van der Waals surface area contributed by atoms with E-state index in [2.05, 4.69) is 154 Å². The van der Waals surface area contributed by atoms with Crippen LogP contribution < -0.4 is 0 Å². The summed E-state index contributed by atoms with van der Waals surface area (Å²) in [6.45, 7) is 11.4. The van der Waals surface area contributed by atoms with Crippen LogP contribution in [0.2, 0.25) is 0 Å². The number of carbonyl (C=O) groups excluding carboxylic acids is 4. The zero-order valence-corrected chi connectivity index (χ0v) is 81.6. The molecule has 0 saturated carbocycles. The third-order valence-electron chi connectivity index (χ3n) is 16.1. The minimum Gasteiger partial charge on any atom is -0.512 e. The number of thiophene rings is 1. The Kier molecular flexibility index (Phi) is 47.0. The molecule has 0 aliphatic heterocycles. The number of aromatic nitrogens is 6. The van der Waals surface area contributed by atoms with Gasteiger partial charge in [0, 0.05) is 164 Å². The Morgan fingerprint density at radius 2 is 0.691 bits per heavy atom. The van der Waals surface area contributed by atoms with E-state index in [1.165, 1.54) is 122 Å². The summed E-state index contributed by atoms with van der Waals surface area (Å²) in [5.74, 6) is -0.250. The van der Waals surface area contributed by atoms with Gasteiger partial charge in [0.05, 0.1) is 50.8 Å². The van der Waals surface area contributed by atoms with E-state index in [9.17, 15) is 19.2 Å². The first kappa shape index (κ1) is 104. The van der Waals surface area contributed by atoms with Gasteiger partial charge in [-0.05, 0) is 141 Å². The Morgan fingerprint density at radius 1 is 0.301 bits per heavy atom. The van der Waals surface area contributed by atoms with Crippen LogP contribution in [0.5, 0.6) is 0 Å². The normalized spacial score (nSPS) is 10.4. The van der Waals surface area contributed by atoms with Gasteiger partial charge in [-0.2, -0.15) is 11.3 Å². The number of ketones is 4. The van der Waals surface area contributed by atoms with Crippen molar-refractivity contribution in [3.05, 3.63) is 399 Å². The second kappa shape index (κ2) is 55.6. The molecule has 0 atom stereocenters. The molecule has 14 nitrogen and oxygen atoms in total. The summed E-state index contributed by atoms with van der Waals surface area (Å²) >= 11 is 3.44. The molecule has 11 aromatic carbocycles. The predicted molar refractivity (Wildman–Crippen MR) is 483 cm³/mol. The van der Waals surface area contributed by atoms with E-state index >= 15 is 0 Å². The van der Waals surface area contributed by atoms with E-state index in [0.717, 1.165) is 88.2 Å². The van der Waals surface area contributed by atoms with Crippen molar-refractivity contribution in [1.82, 2.24) is 29.9 Å². The molecule has 0 amide bonds. The van der Waals surface area contributed by atoms with Crippen molar-refractivity contribution in [2.24, 2.45) is 0 Å². The van der Waals surface area contributed by atoms with Gasteiger partial charge in [0.2, 0.25) is 0 Å². The minimum atomic E-state index is -0.125. The number of pyridine rings is 3.